The van der Waals surface area contributed by atoms with Gasteiger partial charge in [-0.3, -0.25) is 0 Å². The van der Waals surface area contributed by atoms with Crippen LogP contribution in [-0.2, 0) is 13.0 Å². The maximum absolute atomic E-state index is 6.01. The Labute approximate surface area is 119 Å². The predicted octanol–water partition coefficient (Wildman–Crippen LogP) is 4.14. The molecule has 3 aromatic rings. The first-order valence-corrected chi connectivity index (χ1v) is 7.11. The van der Waals surface area contributed by atoms with Crippen molar-refractivity contribution in [1.29, 1.82) is 0 Å². The number of para-hydroxylation sites is 1. The summed E-state index contributed by atoms with van der Waals surface area (Å²) in [6.07, 6.45) is 3.23. The second-order valence-electron chi connectivity index (χ2n) is 5.28. The Kier molecular flexibility index (Phi) is 3.23. The zero-order valence-corrected chi connectivity index (χ0v) is 12.1. The number of nitrogens with two attached hydrogens (primary N) is 1. The molecule has 0 unspecified atom stereocenters. The lowest BCUT2D eigenvalue weighted by Gasteiger charge is -2.12. The summed E-state index contributed by atoms with van der Waals surface area (Å²) >= 11 is 0. The van der Waals surface area contributed by atoms with E-state index < -0.39 is 0 Å². The summed E-state index contributed by atoms with van der Waals surface area (Å²) in [5.74, 6) is 0. The highest BCUT2D eigenvalue weighted by Crippen LogP contribution is 2.24. The Morgan fingerprint density at radius 2 is 1.75 bits per heavy atom. The Balaban J connectivity index is 2.09. The molecule has 20 heavy (non-hydrogen) atoms. The zero-order chi connectivity index (χ0) is 14.1. The van der Waals surface area contributed by atoms with Crippen molar-refractivity contribution in [2.24, 2.45) is 0 Å². The largest absolute Gasteiger partial charge is 0.399 e. The normalized spacial score (nSPS) is 11.1. The topological polar surface area (TPSA) is 30.9 Å². The molecule has 0 atom stereocenters. The fourth-order valence-electron chi connectivity index (χ4n) is 2.82. The van der Waals surface area contributed by atoms with E-state index in [0.29, 0.717) is 0 Å². The minimum Gasteiger partial charge on any atom is -0.399 e. The lowest BCUT2D eigenvalue weighted by atomic mass is 10.1. The van der Waals surface area contributed by atoms with Crippen LogP contribution in [0.1, 0.15) is 23.6 Å². The van der Waals surface area contributed by atoms with Crippen LogP contribution in [0.25, 0.3) is 10.9 Å². The minimum atomic E-state index is 0.870. The van der Waals surface area contributed by atoms with E-state index >= 15 is 0 Å². The van der Waals surface area contributed by atoms with E-state index in [1.54, 1.807) is 0 Å². The van der Waals surface area contributed by atoms with Crippen molar-refractivity contribution >= 4 is 16.6 Å². The maximum atomic E-state index is 6.01. The van der Waals surface area contributed by atoms with Crippen LogP contribution in [-0.4, -0.2) is 4.57 Å². The molecule has 0 bridgehead atoms. The predicted molar refractivity (Wildman–Crippen MR) is 86.0 cm³/mol. The van der Waals surface area contributed by atoms with E-state index in [4.69, 9.17) is 5.73 Å². The van der Waals surface area contributed by atoms with Gasteiger partial charge in [0.05, 0.1) is 5.52 Å². The number of aromatic nitrogens is 1. The summed E-state index contributed by atoms with van der Waals surface area (Å²) in [6, 6.07) is 14.9. The second-order valence-corrected chi connectivity index (χ2v) is 5.28. The third kappa shape index (κ3) is 2.07. The number of hydrogen-bond donors (Lipinski definition) is 1. The van der Waals surface area contributed by atoms with Gasteiger partial charge in [0.15, 0.2) is 0 Å². The molecular weight excluding hydrogens is 244 g/mol. The van der Waals surface area contributed by atoms with Gasteiger partial charge in [-0.1, -0.05) is 37.3 Å². The molecule has 1 aromatic heterocycles. The minimum absolute atomic E-state index is 0.870. The molecule has 0 saturated carbocycles. The lowest BCUT2D eigenvalue weighted by molar-refractivity contribution is 0.826. The van der Waals surface area contributed by atoms with Crippen LogP contribution in [0, 0.1) is 6.92 Å². The zero-order valence-electron chi connectivity index (χ0n) is 12.1. The molecule has 1 heterocycles. The van der Waals surface area contributed by atoms with Gasteiger partial charge in [-0.15, -0.1) is 0 Å². The fourth-order valence-corrected chi connectivity index (χ4v) is 2.82. The van der Waals surface area contributed by atoms with Gasteiger partial charge >= 0.3 is 0 Å². The Hall–Kier alpha value is -2.22. The molecule has 0 aliphatic heterocycles. The fraction of sp³-hybridized carbons (Fsp3) is 0.222. The third-order valence-electron chi connectivity index (χ3n) is 4.08. The maximum Gasteiger partial charge on any atom is 0.0515 e. The van der Waals surface area contributed by atoms with Gasteiger partial charge in [-0.05, 0) is 47.6 Å². The molecule has 2 N–H and O–H groups in total. The average molecular weight is 264 g/mol. The average Bonchev–Trinajstić information content (AvgIpc) is 2.87. The van der Waals surface area contributed by atoms with Crippen molar-refractivity contribution in [3.8, 4) is 0 Å². The summed E-state index contributed by atoms with van der Waals surface area (Å²) in [7, 11) is 0. The van der Waals surface area contributed by atoms with Crippen molar-refractivity contribution in [1.82, 2.24) is 4.57 Å². The molecule has 2 heteroatoms. The Bertz CT molecular complexity index is 753. The molecule has 0 spiro atoms. The van der Waals surface area contributed by atoms with Crippen LogP contribution in [0.2, 0.25) is 0 Å². The van der Waals surface area contributed by atoms with E-state index in [-0.39, 0.29) is 0 Å². The SMILES string of the molecule is CCc1cccc2ccn(Cc3cccc(N)c3C)c12. The summed E-state index contributed by atoms with van der Waals surface area (Å²) < 4.78 is 2.33. The molecule has 0 fully saturated rings. The molecular formula is C18H20N2. The molecule has 2 aromatic carbocycles. The highest BCUT2D eigenvalue weighted by molar-refractivity contribution is 5.83. The number of aryl methyl sites for hydroxylation is 1. The van der Waals surface area contributed by atoms with Gasteiger partial charge in [0.25, 0.3) is 0 Å². The molecule has 2 nitrogen and oxygen atoms in total. The van der Waals surface area contributed by atoms with Crippen LogP contribution in [0.4, 0.5) is 5.69 Å². The van der Waals surface area contributed by atoms with Gasteiger partial charge in [-0.25, -0.2) is 0 Å². The van der Waals surface area contributed by atoms with Gasteiger partial charge in [0.1, 0.15) is 0 Å². The molecule has 0 radical (unpaired) electrons. The van der Waals surface area contributed by atoms with E-state index in [1.165, 1.54) is 27.6 Å². The number of nitrogen functional groups attached to an aromatic ring is 1. The molecule has 0 aliphatic rings. The Morgan fingerprint density at radius 1 is 1.00 bits per heavy atom. The second kappa shape index (κ2) is 5.04. The summed E-state index contributed by atoms with van der Waals surface area (Å²) in [6.45, 7) is 5.17. The summed E-state index contributed by atoms with van der Waals surface area (Å²) in [5.41, 5.74) is 12.1. The third-order valence-corrected chi connectivity index (χ3v) is 4.08. The quantitative estimate of drug-likeness (QED) is 0.708. The number of benzene rings is 2. The van der Waals surface area contributed by atoms with Crippen LogP contribution in [0.3, 0.4) is 0 Å². The number of nitrogens with zero attached hydrogens (tertiary/aromatic N) is 1. The van der Waals surface area contributed by atoms with Crippen LogP contribution in [0.5, 0.6) is 0 Å². The summed E-state index contributed by atoms with van der Waals surface area (Å²) in [5, 5.41) is 1.31. The first-order chi connectivity index (χ1) is 9.70. The van der Waals surface area contributed by atoms with Gasteiger partial charge in [0.2, 0.25) is 0 Å². The number of rotatable bonds is 3. The van der Waals surface area contributed by atoms with E-state index in [2.05, 4.69) is 54.9 Å². The van der Waals surface area contributed by atoms with Crippen molar-refractivity contribution in [3.05, 3.63) is 65.4 Å². The molecule has 0 saturated heterocycles. The van der Waals surface area contributed by atoms with Crippen LogP contribution < -0.4 is 5.73 Å². The van der Waals surface area contributed by atoms with Crippen LogP contribution in [0.15, 0.2) is 48.7 Å². The molecule has 0 amide bonds. The van der Waals surface area contributed by atoms with E-state index in [1.807, 2.05) is 12.1 Å². The van der Waals surface area contributed by atoms with E-state index in [0.717, 1.165) is 18.7 Å². The number of fused-ring (bicyclic) bond motifs is 1. The van der Waals surface area contributed by atoms with Crippen molar-refractivity contribution in [2.45, 2.75) is 26.8 Å². The standard InChI is InChI=1S/C18H20N2/c1-3-14-6-4-7-15-10-11-20(18(14)15)12-16-8-5-9-17(19)13(16)2/h4-11H,3,12,19H2,1-2H3. The highest BCUT2D eigenvalue weighted by atomic mass is 15.0. The van der Waals surface area contributed by atoms with E-state index in [9.17, 15) is 0 Å². The molecule has 3 rings (SSSR count). The van der Waals surface area contributed by atoms with Crippen molar-refractivity contribution in [3.63, 3.8) is 0 Å². The highest BCUT2D eigenvalue weighted by Gasteiger charge is 2.08. The van der Waals surface area contributed by atoms with Crippen molar-refractivity contribution < 1.29 is 0 Å². The number of hydrogen-bond acceptors (Lipinski definition) is 1. The van der Waals surface area contributed by atoms with Gasteiger partial charge < -0.3 is 10.3 Å². The van der Waals surface area contributed by atoms with Crippen molar-refractivity contribution in [2.75, 3.05) is 5.73 Å². The smallest absolute Gasteiger partial charge is 0.0515 e. The van der Waals surface area contributed by atoms with Crippen LogP contribution >= 0.6 is 0 Å². The Morgan fingerprint density at radius 3 is 2.55 bits per heavy atom. The first kappa shape index (κ1) is 12.8. The monoisotopic (exact) mass is 264 g/mol. The van der Waals surface area contributed by atoms with Gasteiger partial charge in [-0.2, -0.15) is 0 Å². The molecule has 0 aliphatic carbocycles. The number of anilines is 1. The van der Waals surface area contributed by atoms with Gasteiger partial charge in [0, 0.05) is 18.4 Å². The first-order valence-electron chi connectivity index (χ1n) is 7.11. The lowest BCUT2D eigenvalue weighted by Crippen LogP contribution is -2.03. The summed E-state index contributed by atoms with van der Waals surface area (Å²) in [4.78, 5) is 0. The molecule has 102 valence electrons.